The molecule has 2 N–H and O–H groups in total. The Balaban J connectivity index is 2.31. The van der Waals surface area contributed by atoms with Gasteiger partial charge in [0.15, 0.2) is 0 Å². The van der Waals surface area contributed by atoms with Crippen molar-refractivity contribution >= 4 is 5.97 Å². The first-order valence-corrected chi connectivity index (χ1v) is 4.36. The lowest BCUT2D eigenvalue weighted by Gasteiger charge is -2.18. The second kappa shape index (κ2) is 4.23. The number of aromatic nitrogens is 1. The van der Waals surface area contributed by atoms with Gasteiger partial charge in [-0.2, -0.15) is 0 Å². The van der Waals surface area contributed by atoms with E-state index in [0.29, 0.717) is 13.1 Å². The van der Waals surface area contributed by atoms with E-state index >= 15 is 0 Å². The molecular formula is C9H14N2O3. The Labute approximate surface area is 82.1 Å². The number of carboxylic acids is 1. The van der Waals surface area contributed by atoms with Crippen LogP contribution < -0.4 is 5.32 Å². The summed E-state index contributed by atoms with van der Waals surface area (Å²) in [6.07, 6.45) is 1.49. The van der Waals surface area contributed by atoms with Crippen molar-refractivity contribution in [2.24, 2.45) is 5.41 Å². The molecule has 0 spiro atoms. The van der Waals surface area contributed by atoms with Crippen LogP contribution in [0.15, 0.2) is 16.9 Å². The quantitative estimate of drug-likeness (QED) is 0.734. The maximum absolute atomic E-state index is 10.7. The molecule has 5 heteroatoms. The van der Waals surface area contributed by atoms with Crippen LogP contribution in [0.3, 0.4) is 0 Å². The maximum Gasteiger partial charge on any atom is 0.310 e. The van der Waals surface area contributed by atoms with Gasteiger partial charge in [-0.1, -0.05) is 5.16 Å². The van der Waals surface area contributed by atoms with Gasteiger partial charge in [0.05, 0.1) is 11.1 Å². The largest absolute Gasteiger partial charge is 0.481 e. The van der Waals surface area contributed by atoms with Crippen molar-refractivity contribution in [3.05, 3.63) is 18.0 Å². The van der Waals surface area contributed by atoms with Crippen LogP contribution >= 0.6 is 0 Å². The first-order chi connectivity index (χ1) is 6.52. The summed E-state index contributed by atoms with van der Waals surface area (Å²) in [4.78, 5) is 10.7. The summed E-state index contributed by atoms with van der Waals surface area (Å²) >= 11 is 0. The van der Waals surface area contributed by atoms with Crippen LogP contribution in [0.4, 0.5) is 0 Å². The average Bonchev–Trinajstić information content (AvgIpc) is 2.56. The van der Waals surface area contributed by atoms with Crippen LogP contribution in [0.5, 0.6) is 0 Å². The van der Waals surface area contributed by atoms with E-state index in [0.717, 1.165) is 5.69 Å². The van der Waals surface area contributed by atoms with Crippen LogP contribution in [-0.4, -0.2) is 22.8 Å². The van der Waals surface area contributed by atoms with Gasteiger partial charge in [0.25, 0.3) is 0 Å². The highest BCUT2D eigenvalue weighted by atomic mass is 16.5. The zero-order valence-corrected chi connectivity index (χ0v) is 8.28. The molecule has 0 atom stereocenters. The van der Waals surface area contributed by atoms with Crippen molar-refractivity contribution in [1.82, 2.24) is 10.5 Å². The highest BCUT2D eigenvalue weighted by Crippen LogP contribution is 2.13. The normalized spacial score (nSPS) is 11.6. The molecule has 0 aliphatic rings. The molecule has 1 heterocycles. The molecule has 0 bridgehead atoms. The zero-order valence-electron chi connectivity index (χ0n) is 8.28. The Morgan fingerprint density at radius 2 is 2.43 bits per heavy atom. The predicted octanol–water partition coefficient (Wildman–Crippen LogP) is 0.875. The minimum atomic E-state index is -0.815. The molecule has 1 rings (SSSR count). The van der Waals surface area contributed by atoms with Gasteiger partial charge in [0, 0.05) is 19.2 Å². The summed E-state index contributed by atoms with van der Waals surface area (Å²) in [6.45, 7) is 4.26. The van der Waals surface area contributed by atoms with Crippen molar-refractivity contribution in [2.45, 2.75) is 20.4 Å². The molecule has 5 nitrogen and oxygen atoms in total. The van der Waals surface area contributed by atoms with E-state index in [-0.39, 0.29) is 0 Å². The number of aliphatic carboxylic acids is 1. The summed E-state index contributed by atoms with van der Waals surface area (Å²) in [6, 6.07) is 1.74. The number of rotatable bonds is 5. The summed E-state index contributed by atoms with van der Waals surface area (Å²) in [7, 11) is 0. The van der Waals surface area contributed by atoms with Gasteiger partial charge in [0.1, 0.15) is 6.26 Å². The van der Waals surface area contributed by atoms with E-state index in [1.807, 2.05) is 0 Å². The van der Waals surface area contributed by atoms with E-state index in [9.17, 15) is 4.79 Å². The zero-order chi connectivity index (χ0) is 10.6. The van der Waals surface area contributed by atoms with Crippen LogP contribution in [0.1, 0.15) is 19.5 Å². The molecule has 0 saturated carbocycles. The Bertz CT molecular complexity index is 293. The summed E-state index contributed by atoms with van der Waals surface area (Å²) < 4.78 is 4.64. The molecule has 0 aliphatic carbocycles. The lowest BCUT2D eigenvalue weighted by molar-refractivity contribution is -0.146. The number of nitrogens with zero attached hydrogens (tertiary/aromatic N) is 1. The van der Waals surface area contributed by atoms with Gasteiger partial charge < -0.3 is 14.9 Å². The highest BCUT2D eigenvalue weighted by Gasteiger charge is 2.26. The number of hydrogen-bond acceptors (Lipinski definition) is 4. The molecule has 14 heavy (non-hydrogen) atoms. The topological polar surface area (TPSA) is 75.4 Å². The molecule has 0 aliphatic heterocycles. The maximum atomic E-state index is 10.7. The van der Waals surface area contributed by atoms with Gasteiger partial charge in [-0.05, 0) is 13.8 Å². The summed E-state index contributed by atoms with van der Waals surface area (Å²) in [5.74, 6) is -0.815. The van der Waals surface area contributed by atoms with E-state index in [1.54, 1.807) is 19.9 Å². The molecule has 0 saturated heterocycles. The molecule has 0 radical (unpaired) electrons. The van der Waals surface area contributed by atoms with E-state index in [1.165, 1.54) is 6.26 Å². The number of carboxylic acid groups (broad SMARTS) is 1. The average molecular weight is 198 g/mol. The van der Waals surface area contributed by atoms with Crippen molar-refractivity contribution in [3.8, 4) is 0 Å². The molecular weight excluding hydrogens is 184 g/mol. The standard InChI is InChI=1S/C9H14N2O3/c1-9(2,8(12)13)6-10-5-7-3-4-14-11-7/h3-4,10H,5-6H2,1-2H3,(H,12,13). The van der Waals surface area contributed by atoms with Gasteiger partial charge >= 0.3 is 5.97 Å². The number of hydrogen-bond donors (Lipinski definition) is 2. The second-order valence-corrected chi connectivity index (χ2v) is 3.78. The van der Waals surface area contributed by atoms with Crippen LogP contribution in [-0.2, 0) is 11.3 Å². The predicted molar refractivity (Wildman–Crippen MR) is 49.6 cm³/mol. The van der Waals surface area contributed by atoms with Gasteiger partial charge in [-0.3, -0.25) is 4.79 Å². The van der Waals surface area contributed by atoms with E-state index < -0.39 is 11.4 Å². The first kappa shape index (κ1) is 10.7. The SMILES string of the molecule is CC(C)(CNCc1ccon1)C(=O)O. The summed E-state index contributed by atoms with van der Waals surface area (Å²) in [5, 5.41) is 15.5. The Morgan fingerprint density at radius 3 is 2.93 bits per heavy atom. The summed E-state index contributed by atoms with van der Waals surface area (Å²) in [5.41, 5.74) is 0.00944. The molecule has 0 unspecified atom stereocenters. The fourth-order valence-electron chi connectivity index (χ4n) is 0.907. The van der Waals surface area contributed by atoms with Crippen molar-refractivity contribution < 1.29 is 14.4 Å². The Hall–Kier alpha value is -1.36. The van der Waals surface area contributed by atoms with Crippen LogP contribution in [0.25, 0.3) is 0 Å². The van der Waals surface area contributed by atoms with E-state index in [4.69, 9.17) is 5.11 Å². The van der Waals surface area contributed by atoms with Crippen molar-refractivity contribution in [3.63, 3.8) is 0 Å². The van der Waals surface area contributed by atoms with Crippen LogP contribution in [0, 0.1) is 5.41 Å². The van der Waals surface area contributed by atoms with Gasteiger partial charge in [0.2, 0.25) is 0 Å². The number of nitrogens with one attached hydrogen (secondary N) is 1. The lowest BCUT2D eigenvalue weighted by atomic mass is 9.94. The van der Waals surface area contributed by atoms with Crippen molar-refractivity contribution in [1.29, 1.82) is 0 Å². The molecule has 1 aromatic heterocycles. The van der Waals surface area contributed by atoms with Gasteiger partial charge in [-0.15, -0.1) is 0 Å². The monoisotopic (exact) mass is 198 g/mol. The molecule has 78 valence electrons. The second-order valence-electron chi connectivity index (χ2n) is 3.78. The third-order valence-corrected chi connectivity index (χ3v) is 1.94. The van der Waals surface area contributed by atoms with Crippen LogP contribution in [0.2, 0.25) is 0 Å². The van der Waals surface area contributed by atoms with Gasteiger partial charge in [-0.25, -0.2) is 0 Å². The third-order valence-electron chi connectivity index (χ3n) is 1.94. The molecule has 0 fully saturated rings. The first-order valence-electron chi connectivity index (χ1n) is 4.36. The Morgan fingerprint density at radius 1 is 1.71 bits per heavy atom. The third kappa shape index (κ3) is 2.85. The van der Waals surface area contributed by atoms with E-state index in [2.05, 4.69) is 15.0 Å². The molecule has 0 aromatic carbocycles. The number of carbonyl (C=O) groups is 1. The fraction of sp³-hybridized carbons (Fsp3) is 0.556. The minimum absolute atomic E-state index is 0.398. The minimum Gasteiger partial charge on any atom is -0.481 e. The molecule has 1 aromatic rings. The lowest BCUT2D eigenvalue weighted by Crippen LogP contribution is -2.35. The fourth-order valence-corrected chi connectivity index (χ4v) is 0.907. The smallest absolute Gasteiger partial charge is 0.310 e. The highest BCUT2D eigenvalue weighted by molar-refractivity contribution is 5.73. The molecule has 0 amide bonds. The Kier molecular flexibility index (Phi) is 3.24. The van der Waals surface area contributed by atoms with Crippen molar-refractivity contribution in [2.75, 3.05) is 6.54 Å².